The van der Waals surface area contributed by atoms with Crippen LogP contribution in [0.4, 0.5) is 13.2 Å². The third kappa shape index (κ3) is 1.83. The van der Waals surface area contributed by atoms with Crippen molar-refractivity contribution in [2.75, 3.05) is 0 Å². The van der Waals surface area contributed by atoms with E-state index < -0.39 is 17.5 Å². The highest BCUT2D eigenvalue weighted by molar-refractivity contribution is 5.64. The van der Waals surface area contributed by atoms with Gasteiger partial charge in [0.05, 0.1) is 18.0 Å². The second-order valence-electron chi connectivity index (χ2n) is 2.99. The number of aromatic nitrogens is 1. The van der Waals surface area contributed by atoms with Gasteiger partial charge in [-0.25, -0.2) is 13.2 Å². The highest BCUT2D eigenvalue weighted by atomic mass is 19.1. The first-order chi connectivity index (χ1) is 7.18. The van der Waals surface area contributed by atoms with Crippen LogP contribution in [0.2, 0.25) is 0 Å². The molecule has 0 aliphatic heterocycles. The van der Waals surface area contributed by atoms with Gasteiger partial charge >= 0.3 is 0 Å². The molecule has 0 aliphatic rings. The van der Waals surface area contributed by atoms with Crippen molar-refractivity contribution in [3.05, 3.63) is 54.1 Å². The molecular weight excluding hydrogens is 203 g/mol. The van der Waals surface area contributed by atoms with Gasteiger partial charge in [-0.05, 0) is 17.7 Å². The topological polar surface area (TPSA) is 12.9 Å². The van der Waals surface area contributed by atoms with Crippen molar-refractivity contribution < 1.29 is 13.2 Å². The summed E-state index contributed by atoms with van der Waals surface area (Å²) >= 11 is 0. The maximum Gasteiger partial charge on any atom is 0.152 e. The smallest absolute Gasteiger partial charge is 0.152 e. The van der Waals surface area contributed by atoms with E-state index in [2.05, 4.69) is 4.98 Å². The van der Waals surface area contributed by atoms with Crippen LogP contribution in [0.25, 0.3) is 11.1 Å². The molecule has 0 N–H and O–H groups in total. The monoisotopic (exact) mass is 209 g/mol. The van der Waals surface area contributed by atoms with Gasteiger partial charge in [0.15, 0.2) is 11.6 Å². The summed E-state index contributed by atoms with van der Waals surface area (Å²) in [5.41, 5.74) is 0.0961. The zero-order valence-electron chi connectivity index (χ0n) is 7.55. The van der Waals surface area contributed by atoms with Gasteiger partial charge in [0.25, 0.3) is 0 Å². The molecule has 2 aromatic rings. The Bertz CT molecular complexity index is 459. The molecule has 0 aliphatic carbocycles. The Morgan fingerprint density at radius 1 is 0.800 bits per heavy atom. The fourth-order valence-corrected chi connectivity index (χ4v) is 1.30. The van der Waals surface area contributed by atoms with E-state index in [0.717, 1.165) is 24.5 Å². The standard InChI is InChI=1S/C11H6F3N/c12-8-3-1-7(2-4-8)11-9(13)5-15-6-10(11)14/h1-6H. The molecule has 0 saturated carbocycles. The normalized spacial score (nSPS) is 10.3. The van der Waals surface area contributed by atoms with Gasteiger partial charge in [-0.2, -0.15) is 0 Å². The van der Waals surface area contributed by atoms with Crippen LogP contribution in [0.15, 0.2) is 36.7 Å². The summed E-state index contributed by atoms with van der Waals surface area (Å²) in [5, 5.41) is 0. The van der Waals surface area contributed by atoms with Crippen LogP contribution < -0.4 is 0 Å². The molecular formula is C11H6F3N. The van der Waals surface area contributed by atoms with Crippen LogP contribution in [0.3, 0.4) is 0 Å². The average Bonchev–Trinajstić information content (AvgIpc) is 2.20. The van der Waals surface area contributed by atoms with E-state index >= 15 is 0 Å². The minimum absolute atomic E-state index is 0.190. The Balaban J connectivity index is 2.58. The minimum Gasteiger partial charge on any atom is -0.259 e. The van der Waals surface area contributed by atoms with Crippen LogP contribution >= 0.6 is 0 Å². The summed E-state index contributed by atoms with van der Waals surface area (Å²) in [6, 6.07) is 4.93. The highest BCUT2D eigenvalue weighted by Crippen LogP contribution is 2.24. The lowest BCUT2D eigenvalue weighted by atomic mass is 10.1. The lowest BCUT2D eigenvalue weighted by Gasteiger charge is -2.03. The number of hydrogen-bond acceptors (Lipinski definition) is 1. The van der Waals surface area contributed by atoms with Crippen LogP contribution in [0, 0.1) is 17.5 Å². The summed E-state index contributed by atoms with van der Waals surface area (Å²) in [7, 11) is 0. The lowest BCUT2D eigenvalue weighted by Crippen LogP contribution is -1.91. The largest absolute Gasteiger partial charge is 0.259 e. The highest BCUT2D eigenvalue weighted by Gasteiger charge is 2.11. The molecule has 0 atom stereocenters. The van der Waals surface area contributed by atoms with Crippen molar-refractivity contribution in [2.24, 2.45) is 0 Å². The number of rotatable bonds is 1. The second-order valence-corrected chi connectivity index (χ2v) is 2.99. The summed E-state index contributed by atoms with van der Waals surface area (Å²) in [4.78, 5) is 3.36. The fraction of sp³-hybridized carbons (Fsp3) is 0. The van der Waals surface area contributed by atoms with Gasteiger partial charge < -0.3 is 0 Å². The van der Waals surface area contributed by atoms with Crippen molar-refractivity contribution >= 4 is 0 Å². The predicted molar refractivity (Wildman–Crippen MR) is 49.5 cm³/mol. The summed E-state index contributed by atoms with van der Waals surface area (Å²) in [6.45, 7) is 0. The molecule has 15 heavy (non-hydrogen) atoms. The first-order valence-corrected chi connectivity index (χ1v) is 4.23. The van der Waals surface area contributed by atoms with Crippen molar-refractivity contribution in [1.29, 1.82) is 0 Å². The minimum atomic E-state index is -0.762. The van der Waals surface area contributed by atoms with Gasteiger partial charge in [0.2, 0.25) is 0 Å². The number of halogens is 3. The number of hydrogen-bond donors (Lipinski definition) is 0. The third-order valence-corrected chi connectivity index (χ3v) is 1.99. The van der Waals surface area contributed by atoms with E-state index in [1.165, 1.54) is 12.1 Å². The fourth-order valence-electron chi connectivity index (χ4n) is 1.30. The maximum absolute atomic E-state index is 13.2. The molecule has 0 saturated heterocycles. The molecule has 4 heteroatoms. The molecule has 0 spiro atoms. The molecule has 0 fully saturated rings. The van der Waals surface area contributed by atoms with Crippen LogP contribution in [0.5, 0.6) is 0 Å². The van der Waals surface area contributed by atoms with Gasteiger partial charge in [-0.1, -0.05) is 12.1 Å². The molecule has 0 radical (unpaired) electrons. The molecule has 0 bridgehead atoms. The first kappa shape index (κ1) is 9.71. The summed E-state index contributed by atoms with van der Waals surface area (Å²) < 4.78 is 39.1. The SMILES string of the molecule is Fc1ccc(-c2c(F)cncc2F)cc1. The van der Waals surface area contributed by atoms with Gasteiger partial charge in [0, 0.05) is 0 Å². The lowest BCUT2D eigenvalue weighted by molar-refractivity contribution is 0.579. The van der Waals surface area contributed by atoms with E-state index in [0.29, 0.717) is 0 Å². The summed E-state index contributed by atoms with van der Waals surface area (Å²) in [6.07, 6.45) is 1.84. The van der Waals surface area contributed by atoms with E-state index in [9.17, 15) is 13.2 Å². The molecule has 1 aromatic heterocycles. The van der Waals surface area contributed by atoms with Gasteiger partial charge in [-0.3, -0.25) is 4.98 Å². The van der Waals surface area contributed by atoms with E-state index in [1.807, 2.05) is 0 Å². The second kappa shape index (κ2) is 3.73. The van der Waals surface area contributed by atoms with Gasteiger partial charge in [0.1, 0.15) is 5.82 Å². The summed E-state index contributed by atoms with van der Waals surface area (Å²) in [5.74, 6) is -1.98. The van der Waals surface area contributed by atoms with E-state index in [1.54, 1.807) is 0 Å². The Labute approximate surface area is 84.2 Å². The van der Waals surface area contributed by atoms with Crippen molar-refractivity contribution in [1.82, 2.24) is 4.98 Å². The zero-order chi connectivity index (χ0) is 10.8. The zero-order valence-corrected chi connectivity index (χ0v) is 7.55. The first-order valence-electron chi connectivity index (χ1n) is 4.23. The van der Waals surface area contributed by atoms with Crippen molar-refractivity contribution in [3.8, 4) is 11.1 Å². The Morgan fingerprint density at radius 3 is 1.87 bits per heavy atom. The number of benzene rings is 1. The quantitative estimate of drug-likeness (QED) is 0.702. The Hall–Kier alpha value is -1.84. The van der Waals surface area contributed by atoms with E-state index in [-0.39, 0.29) is 11.1 Å². The Morgan fingerprint density at radius 2 is 1.33 bits per heavy atom. The van der Waals surface area contributed by atoms with Crippen LogP contribution in [-0.2, 0) is 0 Å². The maximum atomic E-state index is 13.2. The van der Waals surface area contributed by atoms with Crippen molar-refractivity contribution in [2.45, 2.75) is 0 Å². The molecule has 76 valence electrons. The van der Waals surface area contributed by atoms with Gasteiger partial charge in [-0.15, -0.1) is 0 Å². The molecule has 2 rings (SSSR count). The molecule has 1 aromatic carbocycles. The molecule has 0 amide bonds. The van der Waals surface area contributed by atoms with Crippen molar-refractivity contribution in [3.63, 3.8) is 0 Å². The number of nitrogens with zero attached hydrogens (tertiary/aromatic N) is 1. The van der Waals surface area contributed by atoms with Crippen LogP contribution in [0.1, 0.15) is 0 Å². The van der Waals surface area contributed by atoms with Crippen LogP contribution in [-0.4, -0.2) is 4.98 Å². The number of pyridine rings is 1. The molecule has 1 heterocycles. The average molecular weight is 209 g/mol. The molecule has 0 unspecified atom stereocenters. The predicted octanol–water partition coefficient (Wildman–Crippen LogP) is 3.17. The molecule has 1 nitrogen and oxygen atoms in total. The third-order valence-electron chi connectivity index (χ3n) is 1.99. The Kier molecular flexibility index (Phi) is 2.41. The van der Waals surface area contributed by atoms with E-state index in [4.69, 9.17) is 0 Å².